The minimum Gasteiger partial charge on any atom is -0.508 e. The van der Waals surface area contributed by atoms with Gasteiger partial charge in [0.1, 0.15) is 5.75 Å². The van der Waals surface area contributed by atoms with Crippen LogP contribution in [0.15, 0.2) is 36.4 Å². The fourth-order valence-corrected chi connectivity index (χ4v) is 6.43. The first-order chi connectivity index (χ1) is 16.2. The number of methoxy groups -OCH3 is 1. The highest BCUT2D eigenvalue weighted by atomic mass is 16.5. The summed E-state index contributed by atoms with van der Waals surface area (Å²) in [5, 5.41) is 23.2. The number of hydrogen-bond donors (Lipinski definition) is 3. The monoisotopic (exact) mass is 466 g/mol. The first-order valence-electron chi connectivity index (χ1n) is 11.6. The molecule has 3 N–H and O–H groups in total. The van der Waals surface area contributed by atoms with Crippen LogP contribution in [-0.2, 0) is 21.4 Å². The van der Waals surface area contributed by atoms with E-state index in [2.05, 4.69) is 23.3 Å². The van der Waals surface area contributed by atoms with E-state index in [-0.39, 0.29) is 23.5 Å². The number of hydrogen-bond acceptors (Lipinski definition) is 7. The summed E-state index contributed by atoms with van der Waals surface area (Å²) in [7, 11) is 3.70. The summed E-state index contributed by atoms with van der Waals surface area (Å²) in [5.41, 5.74) is 1.43. The molecule has 0 unspecified atom stereocenters. The van der Waals surface area contributed by atoms with Gasteiger partial charge in [-0.05, 0) is 68.8 Å². The topological polar surface area (TPSA) is 108 Å². The summed E-state index contributed by atoms with van der Waals surface area (Å²) in [6, 6.07) is 10.4. The van der Waals surface area contributed by atoms with Gasteiger partial charge in [0.05, 0.1) is 18.1 Å². The molecular weight excluding hydrogens is 436 g/mol. The molecule has 2 aromatic rings. The Hall–Kier alpha value is -3.10. The third-order valence-electron chi connectivity index (χ3n) is 7.92. The number of likely N-dealkylation sites (tertiary alicyclic amines) is 1. The van der Waals surface area contributed by atoms with E-state index in [4.69, 9.17) is 14.6 Å². The zero-order valence-corrected chi connectivity index (χ0v) is 19.6. The molecule has 1 spiro atoms. The Balaban J connectivity index is 0.000000186. The summed E-state index contributed by atoms with van der Waals surface area (Å²) in [6.07, 6.45) is 1.89. The van der Waals surface area contributed by atoms with Crippen molar-refractivity contribution in [3.05, 3.63) is 47.5 Å². The average molecular weight is 467 g/mol. The maximum atomic E-state index is 12.7. The van der Waals surface area contributed by atoms with Gasteiger partial charge in [-0.3, -0.25) is 9.59 Å². The summed E-state index contributed by atoms with van der Waals surface area (Å²) >= 11 is 0. The number of nitrogens with one attached hydrogen (secondary N) is 1. The minimum absolute atomic E-state index is 0.0438. The van der Waals surface area contributed by atoms with Gasteiger partial charge in [-0.2, -0.15) is 0 Å². The number of ketones is 1. The first-order valence-corrected chi connectivity index (χ1v) is 11.6. The molecule has 0 aromatic heterocycles. The molecule has 2 fully saturated rings. The molecule has 34 heavy (non-hydrogen) atoms. The van der Waals surface area contributed by atoms with Gasteiger partial charge >= 0.3 is 0 Å². The van der Waals surface area contributed by atoms with Crippen molar-refractivity contribution in [1.29, 1.82) is 0 Å². The van der Waals surface area contributed by atoms with Crippen molar-refractivity contribution in [2.24, 2.45) is 0 Å². The van der Waals surface area contributed by atoms with Crippen LogP contribution in [0.3, 0.4) is 0 Å². The summed E-state index contributed by atoms with van der Waals surface area (Å²) in [6.45, 7) is 2.31. The van der Waals surface area contributed by atoms with Crippen molar-refractivity contribution in [3.8, 4) is 17.2 Å². The van der Waals surface area contributed by atoms with E-state index in [1.807, 2.05) is 6.07 Å². The van der Waals surface area contributed by atoms with Crippen molar-refractivity contribution in [3.63, 3.8) is 0 Å². The maximum absolute atomic E-state index is 12.7. The van der Waals surface area contributed by atoms with Crippen LogP contribution in [0.5, 0.6) is 17.2 Å². The third kappa shape index (κ3) is 3.12. The lowest BCUT2D eigenvalue weighted by atomic mass is 9.49. The first kappa shape index (κ1) is 22.7. The van der Waals surface area contributed by atoms with Gasteiger partial charge in [0.25, 0.3) is 0 Å². The standard InChI is InChI=1S/C18H21NO4.C8H9NO2/c1-19-8-7-17-14-10-3-4-12(22-2)15(14)23-16(17)11(20)5-6-18(17,21)13(19)9-10;1-6(10)9-7-2-4-8(11)5-3-7/h3-4,13,16,21H,5-9H2,1-2H3;2-5,11H,1H3,(H,9,10)/t13-,16+,17+,18-;/m1./s1. The SMILES string of the molecule is CC(=O)Nc1ccc(O)cc1.COc1ccc2c3c1O[C@H]1C(=O)CC[C@@]4(O)[C@@H](C2)N(C)CC[C@]314. The number of aromatic hydroxyl groups is 1. The van der Waals surface area contributed by atoms with Crippen LogP contribution < -0.4 is 14.8 Å². The van der Waals surface area contributed by atoms with E-state index in [0.717, 1.165) is 24.9 Å². The molecule has 4 aliphatic rings. The maximum Gasteiger partial charge on any atom is 0.221 e. The van der Waals surface area contributed by atoms with Gasteiger partial charge < -0.3 is 29.9 Å². The number of anilines is 1. The van der Waals surface area contributed by atoms with Gasteiger partial charge in [-0.1, -0.05) is 6.07 Å². The van der Waals surface area contributed by atoms with Gasteiger partial charge in [0.2, 0.25) is 5.91 Å². The highest BCUT2D eigenvalue weighted by Gasteiger charge is 2.72. The van der Waals surface area contributed by atoms with Crippen molar-refractivity contribution < 1.29 is 29.3 Å². The van der Waals surface area contributed by atoms with Crippen LogP contribution in [0.25, 0.3) is 0 Å². The van der Waals surface area contributed by atoms with E-state index in [0.29, 0.717) is 30.0 Å². The van der Waals surface area contributed by atoms with Crippen LogP contribution >= 0.6 is 0 Å². The second kappa shape index (κ2) is 7.99. The normalized spacial score (nSPS) is 30.4. The number of phenolic OH excluding ortho intramolecular Hbond substituents is 1. The van der Waals surface area contributed by atoms with E-state index < -0.39 is 17.1 Å². The highest BCUT2D eigenvalue weighted by molar-refractivity contribution is 5.90. The van der Waals surface area contributed by atoms with Gasteiger partial charge in [0.15, 0.2) is 23.4 Å². The second-order valence-corrected chi connectivity index (χ2v) is 9.67. The van der Waals surface area contributed by atoms with Crippen LogP contribution in [0, 0.1) is 0 Å². The molecule has 1 saturated carbocycles. The largest absolute Gasteiger partial charge is 0.508 e. The molecule has 1 amide bonds. The lowest BCUT2D eigenvalue weighted by molar-refractivity contribution is -0.185. The Kier molecular flexibility index (Phi) is 5.33. The number of piperidine rings is 1. The van der Waals surface area contributed by atoms with Crippen molar-refractivity contribution in [1.82, 2.24) is 4.90 Å². The molecule has 8 heteroatoms. The van der Waals surface area contributed by atoms with Gasteiger partial charge in [0, 0.05) is 30.6 Å². The Labute approximate surface area is 198 Å². The highest BCUT2D eigenvalue weighted by Crippen LogP contribution is 2.64. The Bertz CT molecular complexity index is 1150. The fourth-order valence-electron chi connectivity index (χ4n) is 6.43. The molecule has 180 valence electrons. The van der Waals surface area contributed by atoms with Gasteiger partial charge in [-0.15, -0.1) is 0 Å². The number of phenols is 1. The second-order valence-electron chi connectivity index (χ2n) is 9.67. The molecule has 1 saturated heterocycles. The van der Waals surface area contributed by atoms with E-state index in [9.17, 15) is 14.7 Å². The summed E-state index contributed by atoms with van der Waals surface area (Å²) in [4.78, 5) is 25.4. The number of aliphatic hydroxyl groups is 1. The minimum atomic E-state index is -0.900. The van der Waals surface area contributed by atoms with Crippen molar-refractivity contribution in [2.75, 3.05) is 26.0 Å². The summed E-state index contributed by atoms with van der Waals surface area (Å²) < 4.78 is 11.6. The quantitative estimate of drug-likeness (QED) is 0.583. The molecule has 0 radical (unpaired) electrons. The Morgan fingerprint density at radius 2 is 1.94 bits per heavy atom. The van der Waals surface area contributed by atoms with Crippen molar-refractivity contribution >= 4 is 17.4 Å². The fraction of sp³-hybridized carbons (Fsp3) is 0.462. The molecule has 4 atom stereocenters. The van der Waals surface area contributed by atoms with E-state index in [1.54, 1.807) is 19.2 Å². The predicted octanol–water partition coefficient (Wildman–Crippen LogP) is 2.40. The van der Waals surface area contributed by atoms with Crippen molar-refractivity contribution in [2.45, 2.75) is 55.8 Å². The zero-order chi connectivity index (χ0) is 24.3. The molecule has 2 aromatic carbocycles. The number of Topliss-reactive ketones (excluding diaryl/α,β-unsaturated/α-hetero) is 1. The van der Waals surface area contributed by atoms with Gasteiger partial charge in [-0.25, -0.2) is 0 Å². The number of amides is 1. The van der Waals surface area contributed by atoms with Crippen LogP contribution in [0.1, 0.15) is 37.3 Å². The number of carbonyl (C=O) groups excluding carboxylic acids is 2. The number of carbonyl (C=O) groups is 2. The number of ether oxygens (including phenoxy) is 2. The Morgan fingerprint density at radius 1 is 1.21 bits per heavy atom. The average Bonchev–Trinajstić information content (AvgIpc) is 3.16. The number of likely N-dealkylation sites (N-methyl/N-ethyl adjacent to an activating group) is 1. The van der Waals surface area contributed by atoms with E-state index in [1.165, 1.54) is 24.6 Å². The lowest BCUT2D eigenvalue weighted by Gasteiger charge is -2.62. The van der Waals surface area contributed by atoms with Crippen LogP contribution in [0.2, 0.25) is 0 Å². The molecule has 2 aliphatic heterocycles. The zero-order valence-electron chi connectivity index (χ0n) is 19.6. The third-order valence-corrected chi connectivity index (χ3v) is 7.92. The lowest BCUT2D eigenvalue weighted by Crippen LogP contribution is -2.76. The molecule has 6 rings (SSSR count). The van der Waals surface area contributed by atoms with E-state index >= 15 is 0 Å². The summed E-state index contributed by atoms with van der Waals surface area (Å²) in [5.74, 6) is 1.55. The molecule has 2 bridgehead atoms. The molecule has 8 nitrogen and oxygen atoms in total. The Morgan fingerprint density at radius 3 is 2.62 bits per heavy atom. The van der Waals surface area contributed by atoms with Crippen LogP contribution in [0.4, 0.5) is 5.69 Å². The predicted molar refractivity (Wildman–Crippen MR) is 125 cm³/mol. The smallest absolute Gasteiger partial charge is 0.221 e. The molecule has 2 aliphatic carbocycles. The van der Waals surface area contributed by atoms with Crippen LogP contribution in [-0.4, -0.2) is 65.3 Å². The molecule has 2 heterocycles. The molecular formula is C26H30N2O6. The number of nitrogens with zero attached hydrogens (tertiary/aromatic N) is 1. The number of benzene rings is 2. The number of rotatable bonds is 2.